The molecule has 3 fully saturated rings. The molecule has 0 spiro atoms. The van der Waals surface area contributed by atoms with Crippen LogP contribution in [0.5, 0.6) is 11.5 Å². The number of benzene rings is 2. The molecule has 3 aromatic rings. The van der Waals surface area contributed by atoms with Crippen LogP contribution in [0.1, 0.15) is 49.7 Å². The van der Waals surface area contributed by atoms with Gasteiger partial charge in [-0.1, -0.05) is 12.1 Å². The van der Waals surface area contributed by atoms with Crippen LogP contribution in [0.25, 0.3) is 11.1 Å². The largest absolute Gasteiger partial charge is 0.485 e. The minimum Gasteiger partial charge on any atom is -0.485 e. The number of hydrogen-bond donors (Lipinski definition) is 0. The molecule has 0 unspecified atom stereocenters. The molecule has 49 heavy (non-hydrogen) atoms. The lowest BCUT2D eigenvalue weighted by Crippen LogP contribution is -2.39. The van der Waals surface area contributed by atoms with E-state index in [1.54, 1.807) is 25.3 Å². The maximum absolute atomic E-state index is 15.4. The number of carbonyl (C=O) groups is 1. The van der Waals surface area contributed by atoms with E-state index in [2.05, 4.69) is 4.98 Å². The average molecular weight is 690 g/mol. The minimum absolute atomic E-state index is 0.0671. The van der Waals surface area contributed by atoms with Gasteiger partial charge in [-0.2, -0.15) is 13.2 Å². The van der Waals surface area contributed by atoms with Gasteiger partial charge < -0.3 is 23.8 Å². The van der Waals surface area contributed by atoms with Gasteiger partial charge in [0.25, 0.3) is 0 Å². The summed E-state index contributed by atoms with van der Waals surface area (Å²) in [5, 5.41) is 0. The minimum atomic E-state index is -4.23. The highest BCUT2D eigenvalue weighted by molar-refractivity contribution is 5.74. The smallest absolute Gasteiger partial charge is 0.401 e. The number of ether oxygens (including phenoxy) is 4. The molecular formula is C36H40F5N3O5. The number of alkyl halides is 3. The molecule has 0 atom stereocenters. The maximum atomic E-state index is 15.4. The lowest BCUT2D eigenvalue weighted by atomic mass is 9.88. The summed E-state index contributed by atoms with van der Waals surface area (Å²) in [5.41, 5.74) is 2.33. The van der Waals surface area contributed by atoms with Gasteiger partial charge in [0, 0.05) is 36.5 Å². The highest BCUT2D eigenvalue weighted by atomic mass is 19.4. The number of esters is 1. The van der Waals surface area contributed by atoms with Crippen molar-refractivity contribution >= 4 is 11.8 Å². The molecule has 264 valence electrons. The monoisotopic (exact) mass is 689 g/mol. The van der Waals surface area contributed by atoms with Gasteiger partial charge >= 0.3 is 12.1 Å². The highest BCUT2D eigenvalue weighted by Gasteiger charge is 2.33. The fraction of sp³-hybridized carbons (Fsp3) is 0.500. The van der Waals surface area contributed by atoms with E-state index < -0.39 is 24.4 Å². The average Bonchev–Trinajstić information content (AvgIpc) is 3.06. The normalized spacial score (nSPS) is 18.3. The molecule has 6 rings (SSSR count). The molecule has 3 saturated heterocycles. The van der Waals surface area contributed by atoms with Crippen LogP contribution in [-0.4, -0.2) is 80.7 Å². The van der Waals surface area contributed by atoms with Crippen molar-refractivity contribution in [1.29, 1.82) is 0 Å². The molecule has 0 N–H and O–H groups in total. The van der Waals surface area contributed by atoms with E-state index in [-0.39, 0.29) is 41.8 Å². The van der Waals surface area contributed by atoms with E-state index in [0.29, 0.717) is 94.4 Å². The summed E-state index contributed by atoms with van der Waals surface area (Å²) in [6.07, 6.45) is -0.430. The molecule has 0 aliphatic carbocycles. The van der Waals surface area contributed by atoms with Crippen molar-refractivity contribution in [2.45, 2.75) is 57.4 Å². The summed E-state index contributed by atoms with van der Waals surface area (Å²) in [4.78, 5) is 20.1. The third-order valence-corrected chi connectivity index (χ3v) is 9.33. The van der Waals surface area contributed by atoms with Crippen molar-refractivity contribution in [2.75, 3.05) is 57.4 Å². The zero-order valence-corrected chi connectivity index (χ0v) is 27.3. The highest BCUT2D eigenvalue weighted by Crippen LogP contribution is 2.38. The Kier molecular flexibility index (Phi) is 10.9. The second-order valence-corrected chi connectivity index (χ2v) is 12.8. The standard InChI is InChI=1S/C36H40F5N3O5/c1-2-47-35(45)24-8-13-44(14-9-24)33-16-26(5-10-42-33)30-17-28(37)18-31(38)34(30)48-19-27-4-3-25(15-32(27)49-29-20-46-21-29)23-6-11-43(12-7-23)22-36(39,40)41/h3-5,10,15-18,23-24,29H,2,6-9,11-14,19-22H2,1H3. The van der Waals surface area contributed by atoms with Gasteiger partial charge in [-0.25, -0.2) is 13.8 Å². The Balaban J connectivity index is 1.18. The van der Waals surface area contributed by atoms with Crippen LogP contribution in [-0.2, 0) is 20.9 Å². The number of carbonyl (C=O) groups excluding carboxylic acids is 1. The van der Waals surface area contributed by atoms with E-state index in [1.807, 2.05) is 23.1 Å². The van der Waals surface area contributed by atoms with Crippen molar-refractivity contribution in [2.24, 2.45) is 5.92 Å². The van der Waals surface area contributed by atoms with Crippen molar-refractivity contribution < 1.29 is 45.7 Å². The van der Waals surface area contributed by atoms with E-state index in [0.717, 1.165) is 11.6 Å². The van der Waals surface area contributed by atoms with E-state index >= 15 is 4.39 Å². The summed E-state index contributed by atoms with van der Waals surface area (Å²) in [5.74, 6) is -0.897. The molecule has 0 bridgehead atoms. The van der Waals surface area contributed by atoms with Crippen LogP contribution >= 0.6 is 0 Å². The third kappa shape index (κ3) is 8.80. The van der Waals surface area contributed by atoms with Gasteiger partial charge in [-0.05, 0) is 87.0 Å². The number of pyridine rings is 1. The number of anilines is 1. The van der Waals surface area contributed by atoms with Crippen molar-refractivity contribution in [1.82, 2.24) is 9.88 Å². The zero-order chi connectivity index (χ0) is 34.5. The van der Waals surface area contributed by atoms with E-state index in [4.69, 9.17) is 18.9 Å². The Bertz CT molecular complexity index is 1600. The quantitative estimate of drug-likeness (QED) is 0.159. The number of hydrogen-bond acceptors (Lipinski definition) is 8. The van der Waals surface area contributed by atoms with E-state index in [1.165, 1.54) is 11.0 Å². The molecule has 0 radical (unpaired) electrons. The molecule has 2 aromatic carbocycles. The zero-order valence-electron chi connectivity index (χ0n) is 27.3. The van der Waals surface area contributed by atoms with Gasteiger partial charge in [-0.3, -0.25) is 9.69 Å². The van der Waals surface area contributed by atoms with Gasteiger partial charge in [0.05, 0.1) is 32.3 Å². The Morgan fingerprint density at radius 3 is 2.41 bits per heavy atom. The van der Waals surface area contributed by atoms with Crippen molar-refractivity contribution in [3.05, 3.63) is 71.4 Å². The molecule has 13 heteroatoms. The Labute approximate surface area is 282 Å². The van der Waals surface area contributed by atoms with Crippen LogP contribution in [0, 0.1) is 17.6 Å². The summed E-state index contributed by atoms with van der Waals surface area (Å²) < 4.78 is 91.4. The third-order valence-electron chi connectivity index (χ3n) is 9.33. The van der Waals surface area contributed by atoms with Gasteiger partial charge in [0.2, 0.25) is 0 Å². The molecular weight excluding hydrogens is 649 g/mol. The van der Waals surface area contributed by atoms with Crippen molar-refractivity contribution in [3.8, 4) is 22.6 Å². The van der Waals surface area contributed by atoms with Crippen LogP contribution in [0.2, 0.25) is 0 Å². The molecule has 0 amide bonds. The topological polar surface area (TPSA) is 73.4 Å². The Hall–Kier alpha value is -3.97. The lowest BCUT2D eigenvalue weighted by Gasteiger charge is -2.33. The van der Waals surface area contributed by atoms with Gasteiger partial charge in [-0.15, -0.1) is 0 Å². The fourth-order valence-electron chi connectivity index (χ4n) is 6.63. The summed E-state index contributed by atoms with van der Waals surface area (Å²) in [6.45, 7) is 3.81. The fourth-order valence-corrected chi connectivity index (χ4v) is 6.63. The summed E-state index contributed by atoms with van der Waals surface area (Å²) in [6, 6.07) is 11.1. The first-order valence-electron chi connectivity index (χ1n) is 16.7. The molecule has 1 aromatic heterocycles. The predicted molar refractivity (Wildman–Crippen MR) is 172 cm³/mol. The van der Waals surface area contributed by atoms with Crippen molar-refractivity contribution in [3.63, 3.8) is 0 Å². The Morgan fingerprint density at radius 2 is 1.73 bits per heavy atom. The molecule has 8 nitrogen and oxygen atoms in total. The first-order valence-corrected chi connectivity index (χ1v) is 16.7. The first kappa shape index (κ1) is 34.9. The Morgan fingerprint density at radius 1 is 0.980 bits per heavy atom. The first-order chi connectivity index (χ1) is 23.6. The van der Waals surface area contributed by atoms with E-state index in [9.17, 15) is 22.4 Å². The van der Waals surface area contributed by atoms with Gasteiger partial charge in [0.1, 0.15) is 30.1 Å². The second-order valence-electron chi connectivity index (χ2n) is 12.8. The van der Waals surface area contributed by atoms with Crippen LogP contribution < -0.4 is 14.4 Å². The number of rotatable bonds is 11. The predicted octanol–water partition coefficient (Wildman–Crippen LogP) is 6.90. The number of nitrogens with zero attached hydrogens (tertiary/aromatic N) is 3. The summed E-state index contributed by atoms with van der Waals surface area (Å²) >= 11 is 0. The van der Waals surface area contributed by atoms with Gasteiger partial charge in [0.15, 0.2) is 11.6 Å². The number of halogens is 5. The lowest BCUT2D eigenvalue weighted by molar-refractivity contribution is -0.149. The molecule has 3 aliphatic heterocycles. The maximum Gasteiger partial charge on any atom is 0.401 e. The van der Waals surface area contributed by atoms with Crippen LogP contribution in [0.3, 0.4) is 0 Å². The number of piperidine rings is 2. The van der Waals surface area contributed by atoms with Crippen LogP contribution in [0.4, 0.5) is 27.8 Å². The number of aromatic nitrogens is 1. The molecule has 0 saturated carbocycles. The number of likely N-dealkylation sites (tertiary alicyclic amines) is 1. The second kappa shape index (κ2) is 15.3. The SMILES string of the molecule is CCOC(=O)C1CCN(c2cc(-c3cc(F)cc(F)c3OCc3ccc(C4CCN(CC(F)(F)F)CC4)cc3OC3COC3)ccn2)CC1. The molecule has 3 aliphatic rings. The summed E-state index contributed by atoms with van der Waals surface area (Å²) in [7, 11) is 0. The molecule has 4 heterocycles. The van der Waals surface area contributed by atoms with Crippen LogP contribution in [0.15, 0.2) is 48.7 Å².